The van der Waals surface area contributed by atoms with Crippen molar-refractivity contribution in [1.82, 2.24) is 0 Å². The van der Waals surface area contributed by atoms with E-state index in [-0.39, 0.29) is 0 Å². The zero-order valence-electron chi connectivity index (χ0n) is 10.7. The first-order chi connectivity index (χ1) is 9.22. The third-order valence-electron chi connectivity index (χ3n) is 2.69. The Labute approximate surface area is 121 Å². The molecule has 0 saturated carbocycles. The van der Waals surface area contributed by atoms with Gasteiger partial charge in [-0.15, -0.1) is 0 Å². The molecule has 0 bridgehead atoms. The van der Waals surface area contributed by atoms with Gasteiger partial charge in [-0.2, -0.15) is 0 Å². The molecule has 0 radical (unpaired) electrons. The molecule has 2 rings (SSSR count). The van der Waals surface area contributed by atoms with Crippen molar-refractivity contribution in [2.24, 2.45) is 5.73 Å². The van der Waals surface area contributed by atoms with Gasteiger partial charge in [0.1, 0.15) is 11.5 Å². The third kappa shape index (κ3) is 3.80. The first-order valence-corrected chi connectivity index (χ1v) is 6.76. The SMILES string of the molecule is COCc1cccc(Oc2cc(Br)ccc2CN)c1. The molecule has 4 heteroatoms. The van der Waals surface area contributed by atoms with Crippen LogP contribution in [0.15, 0.2) is 46.9 Å². The van der Waals surface area contributed by atoms with Crippen LogP contribution in [0, 0.1) is 0 Å². The van der Waals surface area contributed by atoms with E-state index in [9.17, 15) is 0 Å². The Bertz CT molecular complexity index is 558. The number of rotatable bonds is 5. The smallest absolute Gasteiger partial charge is 0.133 e. The van der Waals surface area contributed by atoms with E-state index in [1.165, 1.54) is 0 Å². The summed E-state index contributed by atoms with van der Waals surface area (Å²) in [6.07, 6.45) is 0. The average molecular weight is 322 g/mol. The zero-order valence-corrected chi connectivity index (χ0v) is 12.3. The van der Waals surface area contributed by atoms with Gasteiger partial charge in [0.15, 0.2) is 0 Å². The summed E-state index contributed by atoms with van der Waals surface area (Å²) in [6.45, 7) is 1.01. The summed E-state index contributed by atoms with van der Waals surface area (Å²) in [5.41, 5.74) is 7.76. The molecule has 0 atom stereocenters. The molecule has 19 heavy (non-hydrogen) atoms. The summed E-state index contributed by atoms with van der Waals surface area (Å²) in [5, 5.41) is 0. The van der Waals surface area contributed by atoms with Crippen molar-refractivity contribution in [3.8, 4) is 11.5 Å². The Balaban J connectivity index is 2.25. The summed E-state index contributed by atoms with van der Waals surface area (Å²) in [4.78, 5) is 0. The van der Waals surface area contributed by atoms with E-state index < -0.39 is 0 Å². The van der Waals surface area contributed by atoms with Crippen LogP contribution in [0.3, 0.4) is 0 Å². The number of methoxy groups -OCH3 is 1. The predicted molar refractivity (Wildman–Crippen MR) is 79.3 cm³/mol. The van der Waals surface area contributed by atoms with Gasteiger partial charge in [-0.05, 0) is 29.8 Å². The largest absolute Gasteiger partial charge is 0.457 e. The zero-order chi connectivity index (χ0) is 13.7. The highest BCUT2D eigenvalue weighted by Gasteiger charge is 2.05. The number of hydrogen-bond acceptors (Lipinski definition) is 3. The maximum absolute atomic E-state index is 5.90. The van der Waals surface area contributed by atoms with E-state index in [4.69, 9.17) is 15.2 Å². The highest BCUT2D eigenvalue weighted by molar-refractivity contribution is 9.10. The monoisotopic (exact) mass is 321 g/mol. The van der Waals surface area contributed by atoms with Crippen LogP contribution in [0.2, 0.25) is 0 Å². The second kappa shape index (κ2) is 6.70. The van der Waals surface area contributed by atoms with E-state index in [0.717, 1.165) is 27.1 Å². The van der Waals surface area contributed by atoms with E-state index in [0.29, 0.717) is 13.2 Å². The lowest BCUT2D eigenvalue weighted by Gasteiger charge is -2.11. The molecule has 2 N–H and O–H groups in total. The van der Waals surface area contributed by atoms with Gasteiger partial charge in [0.05, 0.1) is 6.61 Å². The first-order valence-electron chi connectivity index (χ1n) is 5.97. The molecule has 0 aliphatic carbocycles. The van der Waals surface area contributed by atoms with Crippen LogP contribution in [0.1, 0.15) is 11.1 Å². The van der Waals surface area contributed by atoms with Gasteiger partial charge in [-0.3, -0.25) is 0 Å². The van der Waals surface area contributed by atoms with Gasteiger partial charge in [-0.1, -0.05) is 34.1 Å². The van der Waals surface area contributed by atoms with Crippen LogP contribution < -0.4 is 10.5 Å². The predicted octanol–water partition coefficient (Wildman–Crippen LogP) is 3.85. The molecule has 0 saturated heterocycles. The highest BCUT2D eigenvalue weighted by Crippen LogP contribution is 2.29. The first kappa shape index (κ1) is 14.1. The molecule has 0 spiro atoms. The topological polar surface area (TPSA) is 44.5 Å². The highest BCUT2D eigenvalue weighted by atomic mass is 79.9. The Morgan fingerprint density at radius 3 is 2.74 bits per heavy atom. The van der Waals surface area contributed by atoms with Crippen LogP contribution in [0.5, 0.6) is 11.5 Å². The van der Waals surface area contributed by atoms with Gasteiger partial charge in [0, 0.05) is 23.7 Å². The summed E-state index contributed by atoms with van der Waals surface area (Å²) in [5.74, 6) is 1.55. The van der Waals surface area contributed by atoms with Crippen LogP contribution in [-0.4, -0.2) is 7.11 Å². The minimum absolute atomic E-state index is 0.445. The molecule has 3 nitrogen and oxygen atoms in total. The number of nitrogens with two attached hydrogens (primary N) is 1. The number of halogens is 1. The lowest BCUT2D eigenvalue weighted by Crippen LogP contribution is -1.99. The molecular formula is C15H16BrNO2. The number of benzene rings is 2. The average Bonchev–Trinajstić information content (AvgIpc) is 2.40. The van der Waals surface area contributed by atoms with E-state index in [1.807, 2.05) is 42.5 Å². The molecule has 2 aromatic carbocycles. The van der Waals surface area contributed by atoms with Gasteiger partial charge in [0.25, 0.3) is 0 Å². The molecule has 0 heterocycles. The molecule has 0 amide bonds. The molecule has 0 unspecified atom stereocenters. The Morgan fingerprint density at radius 2 is 2.00 bits per heavy atom. The van der Waals surface area contributed by atoms with Crippen LogP contribution in [0.4, 0.5) is 0 Å². The van der Waals surface area contributed by atoms with Crippen molar-refractivity contribution in [2.75, 3.05) is 7.11 Å². The van der Waals surface area contributed by atoms with Crippen molar-refractivity contribution >= 4 is 15.9 Å². The van der Waals surface area contributed by atoms with Crippen LogP contribution in [-0.2, 0) is 17.9 Å². The quantitative estimate of drug-likeness (QED) is 0.909. The van der Waals surface area contributed by atoms with Crippen molar-refractivity contribution in [3.05, 3.63) is 58.1 Å². The van der Waals surface area contributed by atoms with Crippen LogP contribution >= 0.6 is 15.9 Å². The van der Waals surface area contributed by atoms with E-state index >= 15 is 0 Å². The Morgan fingerprint density at radius 1 is 1.16 bits per heavy atom. The second-order valence-electron chi connectivity index (χ2n) is 4.14. The van der Waals surface area contributed by atoms with Crippen LogP contribution in [0.25, 0.3) is 0 Å². The van der Waals surface area contributed by atoms with Crippen molar-refractivity contribution in [1.29, 1.82) is 0 Å². The van der Waals surface area contributed by atoms with Crippen molar-refractivity contribution < 1.29 is 9.47 Å². The van der Waals surface area contributed by atoms with Crippen molar-refractivity contribution in [2.45, 2.75) is 13.2 Å². The molecule has 0 aliphatic rings. The Kier molecular flexibility index (Phi) is 4.96. The number of hydrogen-bond donors (Lipinski definition) is 1. The Hall–Kier alpha value is -1.36. The normalized spacial score (nSPS) is 10.5. The summed E-state index contributed by atoms with van der Waals surface area (Å²) < 4.78 is 12.0. The minimum atomic E-state index is 0.445. The van der Waals surface area contributed by atoms with E-state index in [1.54, 1.807) is 7.11 Å². The van der Waals surface area contributed by atoms with Gasteiger partial charge in [0.2, 0.25) is 0 Å². The fourth-order valence-corrected chi connectivity index (χ4v) is 2.12. The lowest BCUT2D eigenvalue weighted by atomic mass is 10.2. The van der Waals surface area contributed by atoms with E-state index in [2.05, 4.69) is 15.9 Å². The molecule has 0 fully saturated rings. The van der Waals surface area contributed by atoms with Gasteiger partial charge < -0.3 is 15.2 Å². The second-order valence-corrected chi connectivity index (χ2v) is 5.05. The molecule has 0 aliphatic heterocycles. The molecule has 0 aromatic heterocycles. The molecular weight excluding hydrogens is 306 g/mol. The fourth-order valence-electron chi connectivity index (χ4n) is 1.78. The minimum Gasteiger partial charge on any atom is -0.457 e. The standard InChI is InChI=1S/C15H16BrNO2/c1-18-10-11-3-2-4-14(7-11)19-15-8-13(16)6-5-12(15)9-17/h2-8H,9-10,17H2,1H3. The lowest BCUT2D eigenvalue weighted by molar-refractivity contribution is 0.184. The third-order valence-corrected chi connectivity index (χ3v) is 3.18. The fraction of sp³-hybridized carbons (Fsp3) is 0.200. The van der Waals surface area contributed by atoms with Crippen molar-refractivity contribution in [3.63, 3.8) is 0 Å². The van der Waals surface area contributed by atoms with Gasteiger partial charge >= 0.3 is 0 Å². The molecule has 2 aromatic rings. The summed E-state index contributed by atoms with van der Waals surface area (Å²) in [6, 6.07) is 13.7. The summed E-state index contributed by atoms with van der Waals surface area (Å²) in [7, 11) is 1.67. The molecule has 100 valence electrons. The maximum atomic E-state index is 5.90. The maximum Gasteiger partial charge on any atom is 0.133 e. The number of ether oxygens (including phenoxy) is 2. The van der Waals surface area contributed by atoms with Gasteiger partial charge in [-0.25, -0.2) is 0 Å². The summed E-state index contributed by atoms with van der Waals surface area (Å²) >= 11 is 3.44.